The average molecular weight is 213 g/mol. The van der Waals surface area contributed by atoms with Gasteiger partial charge in [-0.05, 0) is 27.2 Å². The predicted octanol–water partition coefficient (Wildman–Crippen LogP) is 1.58. The molecule has 0 saturated carbocycles. The Bertz CT molecular complexity index is 304. The number of ether oxygens (including phenoxy) is 1. The summed E-state index contributed by atoms with van der Waals surface area (Å²) in [4.78, 5) is 4.16. The van der Waals surface area contributed by atoms with Crippen molar-refractivity contribution in [3.8, 4) is 0 Å². The minimum atomic E-state index is -0.571. The van der Waals surface area contributed by atoms with Gasteiger partial charge < -0.3 is 15.0 Å². The third kappa shape index (κ3) is 3.60. The van der Waals surface area contributed by atoms with Gasteiger partial charge in [0.15, 0.2) is 5.82 Å². The molecule has 1 atom stereocenters. The Labute approximate surface area is 90.0 Å². The molecule has 0 spiro atoms. The normalized spacial score (nSPS) is 14.2. The Morgan fingerprint density at radius 1 is 1.53 bits per heavy atom. The highest BCUT2D eigenvalue weighted by Crippen LogP contribution is 2.13. The van der Waals surface area contributed by atoms with Gasteiger partial charge in [-0.15, -0.1) is 0 Å². The molecule has 5 nitrogen and oxygen atoms in total. The maximum absolute atomic E-state index is 5.83. The molecule has 0 saturated heterocycles. The van der Waals surface area contributed by atoms with Crippen molar-refractivity contribution in [2.24, 2.45) is 5.73 Å². The number of hydrogen-bond acceptors (Lipinski definition) is 5. The van der Waals surface area contributed by atoms with Gasteiger partial charge in [0.1, 0.15) is 6.61 Å². The van der Waals surface area contributed by atoms with Crippen molar-refractivity contribution in [1.29, 1.82) is 0 Å². The molecule has 0 aliphatic carbocycles. The van der Waals surface area contributed by atoms with E-state index in [0.29, 0.717) is 18.3 Å². The molecule has 1 aromatic heterocycles. The van der Waals surface area contributed by atoms with Gasteiger partial charge in [0.25, 0.3) is 5.89 Å². The number of aromatic nitrogens is 2. The van der Waals surface area contributed by atoms with E-state index < -0.39 is 5.54 Å². The van der Waals surface area contributed by atoms with Crippen LogP contribution < -0.4 is 5.73 Å². The summed E-state index contributed by atoms with van der Waals surface area (Å²) in [5.41, 5.74) is 5.26. The lowest BCUT2D eigenvalue weighted by atomic mass is 10.1. The minimum Gasteiger partial charge on any atom is -0.369 e. The lowest BCUT2D eigenvalue weighted by molar-refractivity contribution is 0.0352. The summed E-state index contributed by atoms with van der Waals surface area (Å²) < 4.78 is 10.5. The summed E-state index contributed by atoms with van der Waals surface area (Å²) in [6.45, 7) is 8.07. The average Bonchev–Trinajstić information content (AvgIpc) is 2.61. The van der Waals surface area contributed by atoms with Crippen LogP contribution in [-0.4, -0.2) is 16.2 Å². The van der Waals surface area contributed by atoms with Gasteiger partial charge in [-0.25, -0.2) is 0 Å². The molecule has 5 heteroatoms. The van der Waals surface area contributed by atoms with Crippen LogP contribution in [0.15, 0.2) is 4.52 Å². The van der Waals surface area contributed by atoms with Crippen LogP contribution in [-0.2, 0) is 16.9 Å². The topological polar surface area (TPSA) is 74.2 Å². The first-order valence-corrected chi connectivity index (χ1v) is 5.17. The molecular formula is C10H19N3O2. The lowest BCUT2D eigenvalue weighted by Crippen LogP contribution is -2.30. The highest BCUT2D eigenvalue weighted by molar-refractivity contribution is 4.98. The smallest absolute Gasteiger partial charge is 0.252 e. The number of nitrogens with two attached hydrogens (primary N) is 1. The highest BCUT2D eigenvalue weighted by Gasteiger charge is 2.21. The van der Waals surface area contributed by atoms with Crippen molar-refractivity contribution in [3.63, 3.8) is 0 Å². The quantitative estimate of drug-likeness (QED) is 0.803. The maximum atomic E-state index is 5.83. The van der Waals surface area contributed by atoms with Crippen LogP contribution in [0.3, 0.4) is 0 Å². The third-order valence-electron chi connectivity index (χ3n) is 2.11. The van der Waals surface area contributed by atoms with E-state index in [4.69, 9.17) is 15.0 Å². The molecule has 0 aliphatic heterocycles. The van der Waals surface area contributed by atoms with Crippen molar-refractivity contribution >= 4 is 0 Å². The van der Waals surface area contributed by atoms with Crippen LogP contribution in [0.4, 0.5) is 0 Å². The van der Waals surface area contributed by atoms with Crippen LogP contribution in [0, 0.1) is 0 Å². The van der Waals surface area contributed by atoms with Gasteiger partial charge in [0.2, 0.25) is 0 Å². The zero-order valence-corrected chi connectivity index (χ0v) is 9.78. The molecule has 1 rings (SSSR count). The van der Waals surface area contributed by atoms with Crippen molar-refractivity contribution in [1.82, 2.24) is 10.1 Å². The van der Waals surface area contributed by atoms with Crippen LogP contribution >= 0.6 is 0 Å². The second-order valence-electron chi connectivity index (χ2n) is 4.26. The summed E-state index contributed by atoms with van der Waals surface area (Å²) >= 11 is 0. The molecule has 2 N–H and O–H groups in total. The Hall–Kier alpha value is -0.940. The second-order valence-corrected chi connectivity index (χ2v) is 4.26. The number of rotatable bonds is 5. The van der Waals surface area contributed by atoms with E-state index in [9.17, 15) is 0 Å². The Kier molecular flexibility index (Phi) is 3.82. The fraction of sp³-hybridized carbons (Fsp3) is 0.800. The predicted molar refractivity (Wildman–Crippen MR) is 56.1 cm³/mol. The number of hydrogen-bond donors (Lipinski definition) is 1. The van der Waals surface area contributed by atoms with Gasteiger partial charge in [-0.2, -0.15) is 4.98 Å². The molecule has 1 aromatic rings. The first-order chi connectivity index (χ1) is 6.93. The zero-order valence-electron chi connectivity index (χ0n) is 9.78. The van der Waals surface area contributed by atoms with E-state index in [1.54, 1.807) is 0 Å². The van der Waals surface area contributed by atoms with E-state index in [2.05, 4.69) is 17.1 Å². The van der Waals surface area contributed by atoms with Gasteiger partial charge in [-0.3, -0.25) is 0 Å². The Morgan fingerprint density at radius 2 is 2.20 bits per heavy atom. The van der Waals surface area contributed by atoms with E-state index in [0.717, 1.165) is 6.42 Å². The molecule has 0 fully saturated rings. The van der Waals surface area contributed by atoms with Crippen LogP contribution in [0.5, 0.6) is 0 Å². The van der Waals surface area contributed by atoms with E-state index in [-0.39, 0.29) is 6.10 Å². The monoisotopic (exact) mass is 213 g/mol. The minimum absolute atomic E-state index is 0.200. The molecule has 0 aliphatic rings. The van der Waals surface area contributed by atoms with E-state index in [1.165, 1.54) is 0 Å². The first-order valence-electron chi connectivity index (χ1n) is 5.17. The van der Waals surface area contributed by atoms with Crippen molar-refractivity contribution < 1.29 is 9.26 Å². The SMILES string of the molecule is CCC(C)OCc1nc(C(C)(C)N)no1. The van der Waals surface area contributed by atoms with Gasteiger partial charge >= 0.3 is 0 Å². The zero-order chi connectivity index (χ0) is 11.5. The fourth-order valence-corrected chi connectivity index (χ4v) is 0.907. The van der Waals surface area contributed by atoms with E-state index in [1.807, 2.05) is 20.8 Å². The molecule has 0 radical (unpaired) electrons. The molecule has 15 heavy (non-hydrogen) atoms. The molecule has 0 amide bonds. The van der Waals surface area contributed by atoms with Gasteiger partial charge in [0.05, 0.1) is 11.6 Å². The first kappa shape index (κ1) is 12.1. The molecule has 1 heterocycles. The maximum Gasteiger partial charge on any atom is 0.252 e. The molecule has 86 valence electrons. The molecule has 1 unspecified atom stereocenters. The lowest BCUT2D eigenvalue weighted by Gasteiger charge is -2.11. The summed E-state index contributed by atoms with van der Waals surface area (Å²) in [7, 11) is 0. The van der Waals surface area contributed by atoms with Crippen molar-refractivity contribution in [3.05, 3.63) is 11.7 Å². The number of nitrogens with zero attached hydrogens (tertiary/aromatic N) is 2. The summed E-state index contributed by atoms with van der Waals surface area (Å²) in [6, 6.07) is 0. The largest absolute Gasteiger partial charge is 0.369 e. The van der Waals surface area contributed by atoms with Crippen LogP contribution in [0.25, 0.3) is 0 Å². The molecular weight excluding hydrogens is 194 g/mol. The van der Waals surface area contributed by atoms with Crippen molar-refractivity contribution in [2.75, 3.05) is 0 Å². The molecule has 0 aromatic carbocycles. The second kappa shape index (κ2) is 4.72. The standard InChI is InChI=1S/C10H19N3O2/c1-5-7(2)14-6-8-12-9(13-15-8)10(3,4)11/h7H,5-6,11H2,1-4H3. The van der Waals surface area contributed by atoms with Gasteiger partial charge in [-0.1, -0.05) is 12.1 Å². The van der Waals surface area contributed by atoms with E-state index >= 15 is 0 Å². The van der Waals surface area contributed by atoms with Crippen molar-refractivity contribution in [2.45, 2.75) is 52.4 Å². The summed E-state index contributed by atoms with van der Waals surface area (Å²) in [5, 5.41) is 3.80. The third-order valence-corrected chi connectivity index (χ3v) is 2.11. The summed E-state index contributed by atoms with van der Waals surface area (Å²) in [6.07, 6.45) is 1.16. The Morgan fingerprint density at radius 3 is 2.67 bits per heavy atom. The molecule has 0 bridgehead atoms. The van der Waals surface area contributed by atoms with Crippen LogP contribution in [0.1, 0.15) is 45.8 Å². The Balaban J connectivity index is 2.54. The fourth-order valence-electron chi connectivity index (χ4n) is 0.907. The van der Waals surface area contributed by atoms with Gasteiger partial charge in [0, 0.05) is 0 Å². The van der Waals surface area contributed by atoms with Crippen LogP contribution in [0.2, 0.25) is 0 Å². The highest BCUT2D eigenvalue weighted by atomic mass is 16.5. The summed E-state index contributed by atoms with van der Waals surface area (Å²) in [5.74, 6) is 0.981.